The number of nitrogens with zero attached hydrogens (tertiary/aromatic N) is 1. The molecule has 2 atom stereocenters. The average Bonchev–Trinajstić information content (AvgIpc) is 2.71. The Hall–Kier alpha value is -2.39. The van der Waals surface area contributed by atoms with E-state index >= 15 is 0 Å². The Morgan fingerprint density at radius 3 is 2.36 bits per heavy atom. The lowest BCUT2D eigenvalue weighted by atomic mass is 9.69. The van der Waals surface area contributed by atoms with Crippen molar-refractivity contribution < 1.29 is 4.74 Å². The van der Waals surface area contributed by atoms with Crippen LogP contribution in [0.1, 0.15) is 50.1 Å². The molecule has 0 fully saturated rings. The van der Waals surface area contributed by atoms with Gasteiger partial charge in [0.05, 0.1) is 18.8 Å². The van der Waals surface area contributed by atoms with Crippen molar-refractivity contribution in [2.24, 2.45) is 11.3 Å². The number of ether oxygens (including phenoxy) is 1. The van der Waals surface area contributed by atoms with E-state index in [9.17, 15) is 0 Å². The van der Waals surface area contributed by atoms with E-state index in [-0.39, 0.29) is 11.5 Å². The number of hydrogen-bond acceptors (Lipinski definition) is 3. The highest BCUT2D eigenvalue weighted by molar-refractivity contribution is 5.90. The lowest BCUT2D eigenvalue weighted by molar-refractivity contribution is 0.188. The first kappa shape index (κ1) is 18.9. The van der Waals surface area contributed by atoms with Crippen LogP contribution in [0.2, 0.25) is 0 Å². The van der Waals surface area contributed by atoms with Crippen molar-refractivity contribution in [3.05, 3.63) is 71.4 Å². The molecule has 1 N–H and O–H groups in total. The molecule has 1 aliphatic rings. The highest BCUT2D eigenvalue weighted by Gasteiger charge is 2.36. The topological polar surface area (TPSA) is 34.1 Å². The molecule has 0 spiro atoms. The van der Waals surface area contributed by atoms with Gasteiger partial charge in [0.25, 0.3) is 0 Å². The monoisotopic (exact) mass is 374 g/mol. The zero-order chi connectivity index (χ0) is 19.7. The van der Waals surface area contributed by atoms with Crippen molar-refractivity contribution in [3.63, 3.8) is 0 Å². The summed E-state index contributed by atoms with van der Waals surface area (Å²) in [4.78, 5) is 4.99. The van der Waals surface area contributed by atoms with Gasteiger partial charge in [-0.05, 0) is 46.8 Å². The molecule has 2 aromatic carbocycles. The van der Waals surface area contributed by atoms with Gasteiger partial charge in [-0.3, -0.25) is 0 Å². The molecule has 3 aromatic rings. The van der Waals surface area contributed by atoms with Crippen LogP contribution in [0.25, 0.3) is 10.8 Å². The lowest BCUT2D eigenvalue weighted by Gasteiger charge is -2.39. The molecule has 3 nitrogen and oxygen atoms in total. The minimum atomic E-state index is 0.228. The molecule has 1 heterocycles. The van der Waals surface area contributed by atoms with E-state index in [0.29, 0.717) is 5.92 Å². The Morgan fingerprint density at radius 1 is 1.00 bits per heavy atom. The molecule has 3 heteroatoms. The van der Waals surface area contributed by atoms with Crippen molar-refractivity contribution in [2.75, 3.05) is 7.11 Å². The van der Waals surface area contributed by atoms with Gasteiger partial charge in [-0.15, -0.1) is 0 Å². The SMILES string of the molecule is COc1nc2c(c3ccccc13)CC(C(C)(C)C)CC2NCc1ccccc1. The van der Waals surface area contributed by atoms with E-state index in [0.717, 1.165) is 36.3 Å². The summed E-state index contributed by atoms with van der Waals surface area (Å²) in [5.74, 6) is 1.34. The average molecular weight is 375 g/mol. The summed E-state index contributed by atoms with van der Waals surface area (Å²) >= 11 is 0. The normalized spacial score (nSPS) is 19.4. The van der Waals surface area contributed by atoms with Gasteiger partial charge in [-0.25, -0.2) is 4.98 Å². The number of rotatable bonds is 4. The predicted octanol–water partition coefficient (Wildman–Crippen LogP) is 5.68. The molecule has 0 bridgehead atoms. The molecule has 28 heavy (non-hydrogen) atoms. The van der Waals surface area contributed by atoms with Gasteiger partial charge in [-0.1, -0.05) is 69.3 Å². The molecular formula is C25H30N2O. The van der Waals surface area contributed by atoms with E-state index in [1.807, 2.05) is 0 Å². The van der Waals surface area contributed by atoms with E-state index in [1.54, 1.807) is 7.11 Å². The van der Waals surface area contributed by atoms with Crippen molar-refractivity contribution in [1.29, 1.82) is 0 Å². The Balaban J connectivity index is 1.77. The maximum Gasteiger partial charge on any atom is 0.221 e. The molecule has 0 aliphatic heterocycles. The highest BCUT2D eigenvalue weighted by atomic mass is 16.5. The fourth-order valence-electron chi connectivity index (χ4n) is 4.37. The second-order valence-corrected chi connectivity index (χ2v) is 8.95. The Labute approximate surface area is 168 Å². The molecule has 0 radical (unpaired) electrons. The summed E-state index contributed by atoms with van der Waals surface area (Å²) in [6, 6.07) is 19.4. The molecule has 146 valence electrons. The summed E-state index contributed by atoms with van der Waals surface area (Å²) in [5, 5.41) is 6.19. The first-order chi connectivity index (χ1) is 13.5. The summed E-state index contributed by atoms with van der Waals surface area (Å²) < 4.78 is 5.66. The van der Waals surface area contributed by atoms with Crippen LogP contribution in [-0.4, -0.2) is 12.1 Å². The fraction of sp³-hybridized carbons (Fsp3) is 0.400. The smallest absolute Gasteiger partial charge is 0.221 e. The number of nitrogens with one attached hydrogen (secondary N) is 1. The summed E-state index contributed by atoms with van der Waals surface area (Å²) in [7, 11) is 1.72. The zero-order valence-electron chi connectivity index (χ0n) is 17.3. The van der Waals surface area contributed by atoms with Crippen LogP contribution in [-0.2, 0) is 13.0 Å². The Kier molecular flexibility index (Phi) is 5.11. The van der Waals surface area contributed by atoms with E-state index in [4.69, 9.17) is 9.72 Å². The summed E-state index contributed by atoms with van der Waals surface area (Å²) in [5.41, 5.74) is 4.10. The minimum absolute atomic E-state index is 0.228. The van der Waals surface area contributed by atoms with Crippen LogP contribution >= 0.6 is 0 Å². The van der Waals surface area contributed by atoms with Crippen LogP contribution in [0, 0.1) is 11.3 Å². The number of fused-ring (bicyclic) bond motifs is 3. The third-order valence-corrected chi connectivity index (χ3v) is 6.13. The van der Waals surface area contributed by atoms with Crippen LogP contribution < -0.4 is 10.1 Å². The standard InChI is InChI=1S/C25H30N2O/c1-25(2,3)18-14-21-19-12-8-9-13-20(19)24(28-4)27-23(21)22(15-18)26-16-17-10-6-5-7-11-17/h5-13,18,22,26H,14-16H2,1-4H3. The minimum Gasteiger partial charge on any atom is -0.481 e. The Bertz CT molecular complexity index is 959. The number of benzene rings is 2. The van der Waals surface area contributed by atoms with Gasteiger partial charge in [0.2, 0.25) is 5.88 Å². The molecular weight excluding hydrogens is 344 g/mol. The van der Waals surface area contributed by atoms with Crippen molar-refractivity contribution in [1.82, 2.24) is 10.3 Å². The van der Waals surface area contributed by atoms with E-state index in [1.165, 1.54) is 16.5 Å². The number of aromatic nitrogens is 1. The lowest BCUT2D eigenvalue weighted by Crippen LogP contribution is -2.35. The fourth-order valence-corrected chi connectivity index (χ4v) is 4.37. The molecule has 0 saturated carbocycles. The molecule has 0 saturated heterocycles. The molecule has 2 unspecified atom stereocenters. The largest absolute Gasteiger partial charge is 0.481 e. The maximum absolute atomic E-state index is 5.66. The van der Waals surface area contributed by atoms with E-state index in [2.05, 4.69) is 80.7 Å². The molecule has 0 amide bonds. The van der Waals surface area contributed by atoms with Crippen molar-refractivity contribution >= 4 is 10.8 Å². The number of hydrogen-bond donors (Lipinski definition) is 1. The third-order valence-electron chi connectivity index (χ3n) is 6.13. The predicted molar refractivity (Wildman–Crippen MR) is 116 cm³/mol. The second kappa shape index (κ2) is 7.56. The molecule has 1 aromatic heterocycles. The van der Waals surface area contributed by atoms with Gasteiger partial charge in [-0.2, -0.15) is 0 Å². The first-order valence-corrected chi connectivity index (χ1v) is 10.2. The van der Waals surface area contributed by atoms with Gasteiger partial charge >= 0.3 is 0 Å². The number of pyridine rings is 1. The summed E-state index contributed by atoms with van der Waals surface area (Å²) in [6.07, 6.45) is 2.16. The third kappa shape index (κ3) is 3.64. The zero-order valence-corrected chi connectivity index (χ0v) is 17.3. The first-order valence-electron chi connectivity index (χ1n) is 10.2. The quantitative estimate of drug-likeness (QED) is 0.638. The van der Waals surface area contributed by atoms with E-state index < -0.39 is 0 Å². The van der Waals surface area contributed by atoms with Crippen LogP contribution in [0.5, 0.6) is 5.88 Å². The molecule has 4 rings (SSSR count). The summed E-state index contributed by atoms with van der Waals surface area (Å²) in [6.45, 7) is 7.92. The van der Waals surface area contributed by atoms with Crippen molar-refractivity contribution in [3.8, 4) is 5.88 Å². The highest BCUT2D eigenvalue weighted by Crippen LogP contribution is 2.44. The van der Waals surface area contributed by atoms with Gasteiger partial charge in [0, 0.05) is 11.9 Å². The maximum atomic E-state index is 5.66. The van der Waals surface area contributed by atoms with Gasteiger partial charge in [0.1, 0.15) is 0 Å². The van der Waals surface area contributed by atoms with Crippen LogP contribution in [0.3, 0.4) is 0 Å². The molecule has 1 aliphatic carbocycles. The van der Waals surface area contributed by atoms with Crippen LogP contribution in [0.4, 0.5) is 0 Å². The second-order valence-electron chi connectivity index (χ2n) is 8.95. The Morgan fingerprint density at radius 2 is 1.68 bits per heavy atom. The number of methoxy groups -OCH3 is 1. The van der Waals surface area contributed by atoms with Gasteiger partial charge < -0.3 is 10.1 Å². The van der Waals surface area contributed by atoms with Crippen LogP contribution in [0.15, 0.2) is 54.6 Å². The van der Waals surface area contributed by atoms with Gasteiger partial charge in [0.15, 0.2) is 0 Å². The van der Waals surface area contributed by atoms with Crippen molar-refractivity contribution in [2.45, 2.75) is 46.2 Å².